The van der Waals surface area contributed by atoms with Crippen LogP contribution in [0.25, 0.3) is 0 Å². The summed E-state index contributed by atoms with van der Waals surface area (Å²) in [5, 5.41) is 3.23. The van der Waals surface area contributed by atoms with Crippen molar-refractivity contribution in [2.45, 2.75) is 46.5 Å². The number of pyridine rings is 1. The monoisotopic (exact) mass is 289 g/mol. The van der Waals surface area contributed by atoms with Crippen LogP contribution < -0.4 is 5.32 Å². The number of anilines is 1. The molecular formula is C17H27N3O. The highest BCUT2D eigenvalue weighted by Gasteiger charge is 2.22. The van der Waals surface area contributed by atoms with E-state index in [2.05, 4.69) is 31.1 Å². The molecule has 1 amide bonds. The Hall–Kier alpha value is -1.58. The molecule has 4 heteroatoms. The lowest BCUT2D eigenvalue weighted by Crippen LogP contribution is -2.38. The molecule has 0 radical (unpaired) electrons. The molecule has 1 aliphatic heterocycles. The molecule has 2 rings (SSSR count). The van der Waals surface area contributed by atoms with E-state index in [9.17, 15) is 4.79 Å². The SMILES string of the molecule is CCNc1cc(C(=O)N2CCC(C)CC2)cc(C(C)C)n1. The fourth-order valence-corrected chi connectivity index (χ4v) is 2.64. The molecule has 1 N–H and O–H groups in total. The molecule has 0 unspecified atom stereocenters. The van der Waals surface area contributed by atoms with Crippen molar-refractivity contribution in [1.29, 1.82) is 0 Å². The van der Waals surface area contributed by atoms with Gasteiger partial charge in [0.25, 0.3) is 5.91 Å². The lowest BCUT2D eigenvalue weighted by molar-refractivity contribution is 0.0697. The molecule has 0 aliphatic carbocycles. The first-order valence-corrected chi connectivity index (χ1v) is 8.06. The van der Waals surface area contributed by atoms with Gasteiger partial charge in [0.05, 0.1) is 0 Å². The van der Waals surface area contributed by atoms with Crippen molar-refractivity contribution in [3.8, 4) is 0 Å². The number of nitrogens with one attached hydrogen (secondary N) is 1. The van der Waals surface area contributed by atoms with Gasteiger partial charge in [-0.25, -0.2) is 4.98 Å². The second-order valence-electron chi connectivity index (χ2n) is 6.33. The van der Waals surface area contributed by atoms with Crippen molar-refractivity contribution >= 4 is 11.7 Å². The van der Waals surface area contributed by atoms with Crippen LogP contribution in [0.2, 0.25) is 0 Å². The number of nitrogens with zero attached hydrogens (tertiary/aromatic N) is 2. The predicted molar refractivity (Wildman–Crippen MR) is 86.8 cm³/mol. The summed E-state index contributed by atoms with van der Waals surface area (Å²) in [6, 6.07) is 3.83. The maximum Gasteiger partial charge on any atom is 0.254 e. The van der Waals surface area contributed by atoms with Crippen LogP contribution in [0.1, 0.15) is 62.5 Å². The molecular weight excluding hydrogens is 262 g/mol. The molecule has 2 heterocycles. The minimum atomic E-state index is 0.144. The van der Waals surface area contributed by atoms with E-state index in [1.165, 1.54) is 0 Å². The van der Waals surface area contributed by atoms with Gasteiger partial charge in [-0.05, 0) is 43.7 Å². The molecule has 1 fully saturated rings. The summed E-state index contributed by atoms with van der Waals surface area (Å²) in [6.45, 7) is 11.1. The smallest absolute Gasteiger partial charge is 0.254 e. The maximum absolute atomic E-state index is 12.7. The van der Waals surface area contributed by atoms with Crippen molar-refractivity contribution < 1.29 is 4.79 Å². The van der Waals surface area contributed by atoms with Gasteiger partial charge in [-0.15, -0.1) is 0 Å². The van der Waals surface area contributed by atoms with Crippen molar-refractivity contribution in [2.24, 2.45) is 5.92 Å². The van der Waals surface area contributed by atoms with Gasteiger partial charge in [-0.1, -0.05) is 20.8 Å². The minimum Gasteiger partial charge on any atom is -0.370 e. The second kappa shape index (κ2) is 6.92. The Kier molecular flexibility index (Phi) is 5.21. The summed E-state index contributed by atoms with van der Waals surface area (Å²) >= 11 is 0. The van der Waals surface area contributed by atoms with Crippen LogP contribution in [-0.4, -0.2) is 35.4 Å². The Balaban J connectivity index is 2.22. The largest absolute Gasteiger partial charge is 0.370 e. The topological polar surface area (TPSA) is 45.2 Å². The van der Waals surface area contributed by atoms with Crippen LogP contribution in [-0.2, 0) is 0 Å². The van der Waals surface area contributed by atoms with Crippen LogP contribution in [0.4, 0.5) is 5.82 Å². The Labute approximate surface area is 127 Å². The average Bonchev–Trinajstić information content (AvgIpc) is 2.47. The van der Waals surface area contributed by atoms with E-state index in [1.54, 1.807) is 0 Å². The number of hydrogen-bond acceptors (Lipinski definition) is 3. The van der Waals surface area contributed by atoms with E-state index in [4.69, 9.17) is 0 Å². The first-order valence-electron chi connectivity index (χ1n) is 8.06. The minimum absolute atomic E-state index is 0.144. The van der Waals surface area contributed by atoms with E-state index in [1.807, 2.05) is 24.0 Å². The lowest BCUT2D eigenvalue weighted by Gasteiger charge is -2.30. The van der Waals surface area contributed by atoms with Gasteiger partial charge in [0.2, 0.25) is 0 Å². The third kappa shape index (κ3) is 3.96. The number of rotatable bonds is 4. The summed E-state index contributed by atoms with van der Waals surface area (Å²) in [4.78, 5) is 19.3. The quantitative estimate of drug-likeness (QED) is 0.922. The lowest BCUT2D eigenvalue weighted by atomic mass is 9.98. The molecule has 0 spiro atoms. The fraction of sp³-hybridized carbons (Fsp3) is 0.647. The van der Waals surface area contributed by atoms with E-state index >= 15 is 0 Å². The Morgan fingerprint density at radius 1 is 1.38 bits per heavy atom. The molecule has 1 aliphatic rings. The predicted octanol–water partition coefficient (Wildman–Crippen LogP) is 3.51. The van der Waals surface area contributed by atoms with Gasteiger partial charge < -0.3 is 10.2 Å². The highest BCUT2D eigenvalue weighted by molar-refractivity contribution is 5.95. The van der Waals surface area contributed by atoms with Crippen LogP contribution in [0.15, 0.2) is 12.1 Å². The normalized spacial score (nSPS) is 16.3. The number of hydrogen-bond donors (Lipinski definition) is 1. The molecule has 1 aromatic heterocycles. The molecule has 0 bridgehead atoms. The fourth-order valence-electron chi connectivity index (χ4n) is 2.64. The molecule has 0 atom stereocenters. The van der Waals surface area contributed by atoms with Gasteiger partial charge in [-0.2, -0.15) is 0 Å². The zero-order valence-corrected chi connectivity index (χ0v) is 13.6. The summed E-state index contributed by atoms with van der Waals surface area (Å²) in [7, 11) is 0. The van der Waals surface area contributed by atoms with E-state index in [-0.39, 0.29) is 5.91 Å². The maximum atomic E-state index is 12.7. The van der Waals surface area contributed by atoms with Gasteiger partial charge in [0.15, 0.2) is 0 Å². The zero-order chi connectivity index (χ0) is 15.4. The number of amides is 1. The number of likely N-dealkylation sites (tertiary alicyclic amines) is 1. The van der Waals surface area contributed by atoms with Crippen molar-refractivity contribution in [2.75, 3.05) is 25.0 Å². The number of aromatic nitrogens is 1. The van der Waals surface area contributed by atoms with Crippen molar-refractivity contribution in [1.82, 2.24) is 9.88 Å². The van der Waals surface area contributed by atoms with E-state index < -0.39 is 0 Å². The third-order valence-electron chi connectivity index (χ3n) is 4.11. The Bertz CT molecular complexity index is 491. The molecule has 0 aromatic carbocycles. The first-order chi connectivity index (χ1) is 10.0. The van der Waals surface area contributed by atoms with Crippen LogP contribution in [0, 0.1) is 5.92 Å². The highest BCUT2D eigenvalue weighted by atomic mass is 16.2. The number of carbonyl (C=O) groups is 1. The standard InChI is InChI=1S/C17H27N3O/c1-5-18-16-11-14(10-15(19-16)12(2)3)17(21)20-8-6-13(4)7-9-20/h10-13H,5-9H2,1-4H3,(H,18,19). The summed E-state index contributed by atoms with van der Waals surface area (Å²) in [5.74, 6) is 1.99. The van der Waals surface area contributed by atoms with Crippen LogP contribution in [0.5, 0.6) is 0 Å². The molecule has 0 saturated carbocycles. The van der Waals surface area contributed by atoms with E-state index in [0.717, 1.165) is 55.5 Å². The molecule has 21 heavy (non-hydrogen) atoms. The molecule has 1 aromatic rings. The van der Waals surface area contributed by atoms with Crippen LogP contribution in [0.3, 0.4) is 0 Å². The van der Waals surface area contributed by atoms with Gasteiger partial charge in [-0.3, -0.25) is 4.79 Å². The molecule has 4 nitrogen and oxygen atoms in total. The number of piperidine rings is 1. The van der Waals surface area contributed by atoms with Crippen molar-refractivity contribution in [3.63, 3.8) is 0 Å². The Morgan fingerprint density at radius 3 is 2.62 bits per heavy atom. The van der Waals surface area contributed by atoms with Crippen LogP contribution >= 0.6 is 0 Å². The van der Waals surface area contributed by atoms with Gasteiger partial charge >= 0.3 is 0 Å². The van der Waals surface area contributed by atoms with Gasteiger partial charge in [0.1, 0.15) is 5.82 Å². The average molecular weight is 289 g/mol. The van der Waals surface area contributed by atoms with Gasteiger partial charge in [0, 0.05) is 30.9 Å². The van der Waals surface area contributed by atoms with Crippen molar-refractivity contribution in [3.05, 3.63) is 23.4 Å². The first kappa shape index (κ1) is 15.8. The summed E-state index contributed by atoms with van der Waals surface area (Å²) in [6.07, 6.45) is 2.21. The Morgan fingerprint density at radius 2 is 2.05 bits per heavy atom. The summed E-state index contributed by atoms with van der Waals surface area (Å²) in [5.41, 5.74) is 1.74. The zero-order valence-electron chi connectivity index (χ0n) is 13.6. The molecule has 1 saturated heterocycles. The molecule has 116 valence electrons. The summed E-state index contributed by atoms with van der Waals surface area (Å²) < 4.78 is 0. The third-order valence-corrected chi connectivity index (χ3v) is 4.11. The highest BCUT2D eigenvalue weighted by Crippen LogP contribution is 2.22. The number of carbonyl (C=O) groups excluding carboxylic acids is 1. The van der Waals surface area contributed by atoms with E-state index in [0.29, 0.717) is 5.92 Å². The second-order valence-corrected chi connectivity index (χ2v) is 6.33.